The first kappa shape index (κ1) is 23.9. The zero-order chi connectivity index (χ0) is 23.6. The number of nitrogens with one attached hydrogen (secondary N) is 2. The first-order valence-corrected chi connectivity index (χ1v) is 10.7. The fourth-order valence-electron chi connectivity index (χ4n) is 2.77. The number of amides is 2. The van der Waals surface area contributed by atoms with Crippen molar-refractivity contribution in [3.8, 4) is 11.5 Å². The molecule has 0 heterocycles. The highest BCUT2D eigenvalue weighted by atomic mass is 79.9. The Balaban J connectivity index is 1.57. The summed E-state index contributed by atoms with van der Waals surface area (Å²) in [6.07, 6.45) is 1.37. The van der Waals surface area contributed by atoms with E-state index < -0.39 is 11.8 Å². The van der Waals surface area contributed by atoms with Gasteiger partial charge in [0.15, 0.2) is 11.5 Å². The van der Waals surface area contributed by atoms with Gasteiger partial charge >= 0.3 is 11.8 Å². The molecule has 0 fully saturated rings. The average molecular weight is 514 g/mol. The summed E-state index contributed by atoms with van der Waals surface area (Å²) in [6.45, 7) is 0.456. The highest BCUT2D eigenvalue weighted by Crippen LogP contribution is 2.36. The largest absolute Gasteiger partial charge is 0.493 e. The van der Waals surface area contributed by atoms with Crippen LogP contribution in [-0.2, 0) is 22.7 Å². The molecule has 0 aromatic heterocycles. The van der Waals surface area contributed by atoms with E-state index >= 15 is 0 Å². The molecule has 7 nitrogen and oxygen atoms in total. The van der Waals surface area contributed by atoms with Crippen molar-refractivity contribution in [2.45, 2.75) is 13.2 Å². The number of hydrogen-bond acceptors (Lipinski definition) is 5. The van der Waals surface area contributed by atoms with Crippen molar-refractivity contribution in [1.29, 1.82) is 0 Å². The Morgan fingerprint density at radius 3 is 2.45 bits per heavy atom. The Kier molecular flexibility index (Phi) is 8.54. The summed E-state index contributed by atoms with van der Waals surface area (Å²) in [5.41, 5.74) is 4.46. The number of carbonyl (C=O) groups excluding carboxylic acids is 2. The van der Waals surface area contributed by atoms with Crippen LogP contribution < -0.4 is 20.2 Å². The molecule has 3 aromatic rings. The maximum absolute atomic E-state index is 13.1. The van der Waals surface area contributed by atoms with E-state index in [2.05, 4.69) is 31.8 Å². The molecule has 3 rings (SSSR count). The van der Waals surface area contributed by atoms with E-state index in [0.29, 0.717) is 21.5 Å². The molecule has 0 saturated carbocycles. The van der Waals surface area contributed by atoms with Gasteiger partial charge in [-0.1, -0.05) is 42.5 Å². The molecule has 0 aliphatic rings. The van der Waals surface area contributed by atoms with Crippen LogP contribution in [0, 0.1) is 5.82 Å². The lowest BCUT2D eigenvalue weighted by molar-refractivity contribution is -0.139. The number of hydrazone groups is 1. The van der Waals surface area contributed by atoms with Crippen molar-refractivity contribution in [2.24, 2.45) is 5.10 Å². The Morgan fingerprint density at radius 2 is 1.76 bits per heavy atom. The van der Waals surface area contributed by atoms with Gasteiger partial charge in [-0.25, -0.2) is 9.82 Å². The fourth-order valence-corrected chi connectivity index (χ4v) is 3.34. The monoisotopic (exact) mass is 513 g/mol. The van der Waals surface area contributed by atoms with E-state index in [-0.39, 0.29) is 19.0 Å². The van der Waals surface area contributed by atoms with Gasteiger partial charge in [0, 0.05) is 6.54 Å². The highest BCUT2D eigenvalue weighted by molar-refractivity contribution is 9.10. The number of nitrogens with zero attached hydrogens (tertiary/aromatic N) is 1. The number of halogens is 2. The van der Waals surface area contributed by atoms with Gasteiger partial charge in [-0.05, 0) is 56.9 Å². The molecule has 170 valence electrons. The summed E-state index contributed by atoms with van der Waals surface area (Å²) in [5.74, 6) is -1.10. The molecule has 0 aliphatic heterocycles. The lowest BCUT2D eigenvalue weighted by atomic mass is 10.2. The van der Waals surface area contributed by atoms with Gasteiger partial charge in [-0.15, -0.1) is 0 Å². The molecule has 0 aliphatic carbocycles. The van der Waals surface area contributed by atoms with Crippen molar-refractivity contribution < 1.29 is 23.5 Å². The SMILES string of the molecule is COc1cc(/C=N/NC(=O)C(=O)NCc2ccccc2)cc(Br)c1OCc1ccc(F)cc1. The van der Waals surface area contributed by atoms with Crippen molar-refractivity contribution >= 4 is 34.0 Å². The predicted molar refractivity (Wildman–Crippen MR) is 125 cm³/mol. The van der Waals surface area contributed by atoms with Crippen LogP contribution in [0.4, 0.5) is 4.39 Å². The van der Waals surface area contributed by atoms with E-state index in [9.17, 15) is 14.0 Å². The van der Waals surface area contributed by atoms with Crippen LogP contribution in [0.15, 0.2) is 76.3 Å². The maximum atomic E-state index is 13.1. The molecule has 2 amide bonds. The molecule has 2 N–H and O–H groups in total. The van der Waals surface area contributed by atoms with Gasteiger partial charge in [-0.3, -0.25) is 9.59 Å². The van der Waals surface area contributed by atoms with Gasteiger partial charge in [0.05, 0.1) is 17.8 Å². The summed E-state index contributed by atoms with van der Waals surface area (Å²) >= 11 is 3.43. The minimum Gasteiger partial charge on any atom is -0.493 e. The molecule has 0 bridgehead atoms. The number of ether oxygens (including phenoxy) is 2. The first-order valence-electron chi connectivity index (χ1n) is 9.86. The fraction of sp³-hybridized carbons (Fsp3) is 0.125. The van der Waals surface area contributed by atoms with Gasteiger partial charge in [0.25, 0.3) is 0 Å². The Bertz CT molecular complexity index is 1140. The van der Waals surface area contributed by atoms with Gasteiger partial charge < -0.3 is 14.8 Å². The number of rotatable bonds is 8. The van der Waals surface area contributed by atoms with Crippen molar-refractivity contribution in [2.75, 3.05) is 7.11 Å². The van der Waals surface area contributed by atoms with Crippen LogP contribution >= 0.6 is 15.9 Å². The lowest BCUT2D eigenvalue weighted by Crippen LogP contribution is -2.37. The van der Waals surface area contributed by atoms with E-state index in [1.54, 1.807) is 24.3 Å². The number of methoxy groups -OCH3 is 1. The normalized spacial score (nSPS) is 10.6. The van der Waals surface area contributed by atoms with Crippen LogP contribution in [-0.4, -0.2) is 25.1 Å². The molecule has 9 heteroatoms. The van der Waals surface area contributed by atoms with Gasteiger partial charge in [-0.2, -0.15) is 5.10 Å². The minimum atomic E-state index is -0.882. The van der Waals surface area contributed by atoms with Crippen LogP contribution in [0.1, 0.15) is 16.7 Å². The van der Waals surface area contributed by atoms with Crippen molar-refractivity contribution in [1.82, 2.24) is 10.7 Å². The number of benzene rings is 3. The van der Waals surface area contributed by atoms with Crippen LogP contribution in [0.25, 0.3) is 0 Å². The standard InChI is InChI=1S/C24H21BrFN3O4/c1-32-21-12-18(11-20(25)22(21)33-15-17-7-9-19(26)10-8-17)14-28-29-24(31)23(30)27-13-16-5-3-2-4-6-16/h2-12,14H,13,15H2,1H3,(H,27,30)(H,29,31)/b28-14+. The predicted octanol–water partition coefficient (Wildman–Crippen LogP) is 3.94. The lowest BCUT2D eigenvalue weighted by Gasteiger charge is -2.13. The minimum absolute atomic E-state index is 0.219. The first-order chi connectivity index (χ1) is 16.0. The van der Waals surface area contributed by atoms with E-state index in [0.717, 1.165) is 11.1 Å². The second kappa shape index (κ2) is 11.8. The van der Waals surface area contributed by atoms with Crippen LogP contribution in [0.5, 0.6) is 11.5 Å². The number of hydrogen-bond donors (Lipinski definition) is 2. The summed E-state index contributed by atoms with van der Waals surface area (Å²) in [4.78, 5) is 23.8. The van der Waals surface area contributed by atoms with Gasteiger partial charge in [0.1, 0.15) is 12.4 Å². The third kappa shape index (κ3) is 7.15. The third-order valence-electron chi connectivity index (χ3n) is 4.43. The zero-order valence-electron chi connectivity index (χ0n) is 17.7. The molecule has 0 spiro atoms. The molecular weight excluding hydrogens is 493 g/mol. The molecule has 0 saturated heterocycles. The molecular formula is C24H21BrFN3O4. The quantitative estimate of drug-likeness (QED) is 0.271. The van der Waals surface area contributed by atoms with E-state index in [4.69, 9.17) is 9.47 Å². The van der Waals surface area contributed by atoms with Crippen LogP contribution in [0.2, 0.25) is 0 Å². The average Bonchev–Trinajstić information content (AvgIpc) is 2.83. The molecule has 0 atom stereocenters. The smallest absolute Gasteiger partial charge is 0.329 e. The zero-order valence-corrected chi connectivity index (χ0v) is 19.3. The maximum Gasteiger partial charge on any atom is 0.329 e. The van der Waals surface area contributed by atoms with Crippen molar-refractivity contribution in [3.63, 3.8) is 0 Å². The summed E-state index contributed by atoms with van der Waals surface area (Å²) < 4.78 is 24.8. The Labute approximate surface area is 198 Å². The summed E-state index contributed by atoms with van der Waals surface area (Å²) in [7, 11) is 1.49. The van der Waals surface area contributed by atoms with Gasteiger partial charge in [0.2, 0.25) is 0 Å². The molecule has 0 radical (unpaired) electrons. The topological polar surface area (TPSA) is 89.0 Å². The van der Waals surface area contributed by atoms with E-state index in [1.165, 1.54) is 25.5 Å². The Morgan fingerprint density at radius 1 is 1.03 bits per heavy atom. The van der Waals surface area contributed by atoms with Crippen molar-refractivity contribution in [3.05, 3.63) is 93.7 Å². The number of carbonyl (C=O) groups is 2. The second-order valence-corrected chi connectivity index (χ2v) is 7.67. The summed E-state index contributed by atoms with van der Waals surface area (Å²) in [6, 6.07) is 18.6. The third-order valence-corrected chi connectivity index (χ3v) is 5.02. The van der Waals surface area contributed by atoms with Crippen LogP contribution in [0.3, 0.4) is 0 Å². The molecule has 3 aromatic carbocycles. The van der Waals surface area contributed by atoms with E-state index in [1.807, 2.05) is 30.3 Å². The summed E-state index contributed by atoms with van der Waals surface area (Å²) in [5, 5.41) is 6.35. The molecule has 0 unspecified atom stereocenters. The highest BCUT2D eigenvalue weighted by Gasteiger charge is 2.13. The molecule has 33 heavy (non-hydrogen) atoms. The second-order valence-electron chi connectivity index (χ2n) is 6.82. The Hall–Kier alpha value is -3.72.